The molecule has 0 fully saturated rings. The average Bonchev–Trinajstić information content (AvgIpc) is 3.64. The minimum absolute atomic E-state index is 0.0595. The monoisotopic (exact) mass is 478 g/mol. The number of amides is 1. The van der Waals surface area contributed by atoms with Crippen LogP contribution in [0.3, 0.4) is 0 Å². The van der Waals surface area contributed by atoms with E-state index >= 15 is 0 Å². The first-order valence-electron chi connectivity index (χ1n) is 11.0. The van der Waals surface area contributed by atoms with Crippen molar-refractivity contribution in [2.75, 3.05) is 6.54 Å². The van der Waals surface area contributed by atoms with E-state index in [0.29, 0.717) is 35.8 Å². The molecule has 35 heavy (non-hydrogen) atoms. The summed E-state index contributed by atoms with van der Waals surface area (Å²) in [5, 5.41) is 8.72. The quantitative estimate of drug-likeness (QED) is 0.424. The zero-order valence-corrected chi connectivity index (χ0v) is 18.8. The zero-order valence-electron chi connectivity index (χ0n) is 18.8. The van der Waals surface area contributed by atoms with Gasteiger partial charge in [-0.1, -0.05) is 0 Å². The van der Waals surface area contributed by atoms with Gasteiger partial charge in [-0.05, 0) is 25.1 Å². The van der Waals surface area contributed by atoms with E-state index in [9.17, 15) is 13.6 Å². The van der Waals surface area contributed by atoms with Crippen LogP contribution in [0.5, 0.6) is 0 Å². The molecule has 0 saturated heterocycles. The lowest BCUT2D eigenvalue weighted by Crippen LogP contribution is -2.40. The van der Waals surface area contributed by atoms with Crippen LogP contribution in [0.1, 0.15) is 51.4 Å². The predicted octanol–water partition coefficient (Wildman–Crippen LogP) is 3.48. The molecule has 10 nitrogen and oxygen atoms in total. The highest BCUT2D eigenvalue weighted by atomic mass is 19.3. The van der Waals surface area contributed by atoms with Gasteiger partial charge < -0.3 is 14.3 Å². The summed E-state index contributed by atoms with van der Waals surface area (Å²) in [5.74, 6) is -0.0402. The highest BCUT2D eigenvalue weighted by Gasteiger charge is 2.38. The lowest BCUT2D eigenvalue weighted by molar-refractivity contribution is 0.0655. The summed E-state index contributed by atoms with van der Waals surface area (Å²) >= 11 is 0. The van der Waals surface area contributed by atoms with E-state index in [4.69, 9.17) is 4.42 Å². The molecule has 0 saturated carbocycles. The standard InChI is InChI=1S/C23H20F2N8O2/c1-12-14(9-29-31(12)2)22-26-10-18(35-22)23(34)32-7-5-15-19(28-11-27-15)20(32)16-8-17-13(21(24)25)4-3-6-33(17)30-16/h3-4,6,8-11,20-21H,5,7H2,1-2H3,(H,27,28)/t20-/m1/s1. The van der Waals surface area contributed by atoms with Gasteiger partial charge in [-0.2, -0.15) is 10.2 Å². The number of aryl methyl sites for hydroxylation is 1. The summed E-state index contributed by atoms with van der Waals surface area (Å²) in [6, 6.07) is 3.79. The number of alkyl halides is 2. The van der Waals surface area contributed by atoms with Crippen molar-refractivity contribution in [3.63, 3.8) is 0 Å². The van der Waals surface area contributed by atoms with Crippen LogP contribution in [0.25, 0.3) is 17.0 Å². The number of imidazole rings is 1. The molecule has 1 aliphatic rings. The van der Waals surface area contributed by atoms with Gasteiger partial charge in [-0.15, -0.1) is 0 Å². The molecule has 12 heteroatoms. The van der Waals surface area contributed by atoms with Crippen molar-refractivity contribution in [1.82, 2.24) is 39.2 Å². The Morgan fingerprint density at radius 2 is 2.14 bits per heavy atom. The van der Waals surface area contributed by atoms with Gasteiger partial charge in [0, 0.05) is 43.2 Å². The van der Waals surface area contributed by atoms with E-state index < -0.39 is 18.4 Å². The van der Waals surface area contributed by atoms with Crippen LogP contribution in [0, 0.1) is 6.92 Å². The molecule has 5 aromatic rings. The molecule has 1 aliphatic heterocycles. The molecule has 6 rings (SSSR count). The minimum Gasteiger partial charge on any atom is -0.431 e. The summed E-state index contributed by atoms with van der Waals surface area (Å²) in [7, 11) is 1.81. The maximum atomic E-state index is 13.6. The topological polar surface area (TPSA) is 110 Å². The van der Waals surface area contributed by atoms with Crippen LogP contribution < -0.4 is 0 Å². The van der Waals surface area contributed by atoms with E-state index in [2.05, 4.69) is 25.1 Å². The van der Waals surface area contributed by atoms with Crippen LogP contribution >= 0.6 is 0 Å². The molecule has 0 aliphatic carbocycles. The van der Waals surface area contributed by atoms with Gasteiger partial charge in [0.25, 0.3) is 12.3 Å². The third-order valence-electron chi connectivity index (χ3n) is 6.44. The fourth-order valence-electron chi connectivity index (χ4n) is 4.52. The highest BCUT2D eigenvalue weighted by Crippen LogP contribution is 2.36. The summed E-state index contributed by atoms with van der Waals surface area (Å²) in [4.78, 5) is 27.0. The Balaban J connectivity index is 1.41. The Bertz CT molecular complexity index is 1560. The van der Waals surface area contributed by atoms with E-state index in [1.165, 1.54) is 22.8 Å². The lowest BCUT2D eigenvalue weighted by Gasteiger charge is -2.33. The molecule has 5 aromatic heterocycles. The molecule has 1 amide bonds. The SMILES string of the molecule is Cc1c(-c2ncc(C(=O)N3CCc4[nH]cnc4[C@H]3c3cc4c(C(F)F)cccn4n3)o2)cnn1C. The van der Waals surface area contributed by atoms with Crippen molar-refractivity contribution in [3.8, 4) is 11.5 Å². The highest BCUT2D eigenvalue weighted by molar-refractivity contribution is 5.92. The number of hydrogen-bond acceptors (Lipinski definition) is 6. The second kappa shape index (κ2) is 7.86. The normalized spacial score (nSPS) is 15.8. The molecule has 0 unspecified atom stereocenters. The first kappa shape index (κ1) is 21.2. The van der Waals surface area contributed by atoms with E-state index in [-0.39, 0.29) is 16.8 Å². The number of carbonyl (C=O) groups excluding carboxylic acids is 1. The number of rotatable bonds is 4. The molecular weight excluding hydrogens is 458 g/mol. The Labute approximate surface area is 197 Å². The summed E-state index contributed by atoms with van der Waals surface area (Å²) in [6.07, 6.45) is 4.08. The molecule has 0 spiro atoms. The fourth-order valence-corrected chi connectivity index (χ4v) is 4.52. The van der Waals surface area contributed by atoms with Crippen molar-refractivity contribution in [1.29, 1.82) is 0 Å². The third-order valence-corrected chi connectivity index (χ3v) is 6.44. The second-order valence-electron chi connectivity index (χ2n) is 8.38. The van der Waals surface area contributed by atoms with Crippen molar-refractivity contribution in [2.45, 2.75) is 25.8 Å². The molecule has 1 atom stereocenters. The number of halogens is 2. The number of fused-ring (bicyclic) bond motifs is 2. The molecule has 6 heterocycles. The zero-order chi connectivity index (χ0) is 24.3. The van der Waals surface area contributed by atoms with E-state index in [0.717, 1.165) is 11.4 Å². The molecular formula is C23H20F2N8O2. The van der Waals surface area contributed by atoms with Crippen LogP contribution in [0.2, 0.25) is 0 Å². The van der Waals surface area contributed by atoms with Gasteiger partial charge in [-0.3, -0.25) is 9.48 Å². The number of nitrogens with one attached hydrogen (secondary N) is 1. The van der Waals surface area contributed by atoms with Crippen molar-refractivity contribution >= 4 is 11.4 Å². The first-order chi connectivity index (χ1) is 16.9. The van der Waals surface area contributed by atoms with Gasteiger partial charge in [0.05, 0.1) is 41.2 Å². The van der Waals surface area contributed by atoms with E-state index in [1.54, 1.807) is 34.4 Å². The third kappa shape index (κ3) is 3.32. The van der Waals surface area contributed by atoms with Crippen molar-refractivity contribution in [2.24, 2.45) is 7.05 Å². The Kier molecular flexibility index (Phi) is 4.76. The molecule has 0 radical (unpaired) electrons. The summed E-state index contributed by atoms with van der Waals surface area (Å²) < 4.78 is 36.1. The van der Waals surface area contributed by atoms with Gasteiger partial charge in [0.15, 0.2) is 0 Å². The number of nitrogens with zero attached hydrogens (tertiary/aromatic N) is 7. The molecule has 0 aromatic carbocycles. The number of pyridine rings is 1. The Morgan fingerprint density at radius 3 is 2.91 bits per heavy atom. The number of hydrogen-bond donors (Lipinski definition) is 1. The number of aromatic amines is 1. The summed E-state index contributed by atoms with van der Waals surface area (Å²) in [5.41, 5.74) is 3.61. The predicted molar refractivity (Wildman–Crippen MR) is 119 cm³/mol. The van der Waals surface area contributed by atoms with Gasteiger partial charge in [0.1, 0.15) is 6.04 Å². The lowest BCUT2D eigenvalue weighted by atomic mass is 9.99. The average molecular weight is 478 g/mol. The van der Waals surface area contributed by atoms with Crippen LogP contribution in [-0.4, -0.2) is 51.7 Å². The Hall–Kier alpha value is -4.35. The smallest absolute Gasteiger partial charge is 0.292 e. The number of carbonyl (C=O) groups is 1. The van der Waals surface area contributed by atoms with Crippen molar-refractivity contribution < 1.29 is 18.0 Å². The number of H-pyrrole nitrogens is 1. The van der Waals surface area contributed by atoms with Gasteiger partial charge in [0.2, 0.25) is 11.7 Å². The molecule has 0 bridgehead atoms. The largest absolute Gasteiger partial charge is 0.431 e. The van der Waals surface area contributed by atoms with Gasteiger partial charge in [-0.25, -0.2) is 23.3 Å². The van der Waals surface area contributed by atoms with Gasteiger partial charge >= 0.3 is 0 Å². The van der Waals surface area contributed by atoms with E-state index in [1.807, 2.05) is 14.0 Å². The molecule has 1 N–H and O–H groups in total. The maximum Gasteiger partial charge on any atom is 0.292 e. The first-order valence-corrected chi connectivity index (χ1v) is 11.0. The van der Waals surface area contributed by atoms with Crippen LogP contribution in [-0.2, 0) is 13.5 Å². The maximum absolute atomic E-state index is 13.6. The Morgan fingerprint density at radius 1 is 1.29 bits per heavy atom. The van der Waals surface area contributed by atoms with Crippen molar-refractivity contribution in [3.05, 3.63) is 77.2 Å². The number of oxazole rings is 1. The molecule has 178 valence electrons. The minimum atomic E-state index is -2.66. The van der Waals surface area contributed by atoms with Crippen LogP contribution in [0.15, 0.2) is 47.5 Å². The number of aromatic nitrogens is 7. The summed E-state index contributed by atoms with van der Waals surface area (Å²) in [6.45, 7) is 2.24. The van der Waals surface area contributed by atoms with Crippen LogP contribution in [0.4, 0.5) is 8.78 Å². The second-order valence-corrected chi connectivity index (χ2v) is 8.38. The fraction of sp³-hybridized carbons (Fsp3) is 0.261.